The number of H-pyrrole nitrogens is 1. The van der Waals surface area contributed by atoms with Gasteiger partial charge in [-0.2, -0.15) is 0 Å². The van der Waals surface area contributed by atoms with Crippen LogP contribution < -0.4 is 0 Å². The van der Waals surface area contributed by atoms with Crippen molar-refractivity contribution in [1.29, 1.82) is 0 Å². The molecule has 0 bridgehead atoms. The monoisotopic (exact) mass is 492 g/mol. The van der Waals surface area contributed by atoms with Crippen LogP contribution in [-0.4, -0.2) is 19.9 Å². The highest BCUT2D eigenvalue weighted by Crippen LogP contribution is 2.33. The van der Waals surface area contributed by atoms with Gasteiger partial charge in [-0.25, -0.2) is 19.3 Å². The van der Waals surface area contributed by atoms with Gasteiger partial charge in [0, 0.05) is 38.5 Å². The molecule has 0 aliphatic heterocycles. The Morgan fingerprint density at radius 2 is 0.974 bits per heavy atom. The number of aromatic amines is 1. The molecule has 1 N–H and O–H groups in total. The van der Waals surface area contributed by atoms with Crippen LogP contribution in [0.4, 0.5) is 4.39 Å². The highest BCUT2D eigenvalue weighted by Gasteiger charge is 2.14. The predicted molar refractivity (Wildman–Crippen MR) is 151 cm³/mol. The lowest BCUT2D eigenvalue weighted by molar-refractivity contribution is 0.628. The average molecular weight is 493 g/mol. The summed E-state index contributed by atoms with van der Waals surface area (Å²) in [5.41, 5.74) is 6.13. The first-order valence-corrected chi connectivity index (χ1v) is 12.4. The van der Waals surface area contributed by atoms with Crippen molar-refractivity contribution >= 4 is 21.8 Å². The maximum absolute atomic E-state index is 15.1. The number of hydrogen-bond donors (Lipinski definition) is 1. The van der Waals surface area contributed by atoms with Gasteiger partial charge in [0.05, 0.1) is 0 Å². The van der Waals surface area contributed by atoms with E-state index < -0.39 is 0 Å². The first kappa shape index (κ1) is 22.1. The molecule has 0 saturated carbocycles. The molecule has 7 aromatic rings. The molecule has 2 aromatic heterocycles. The number of fused-ring (bicyclic) bond motifs is 3. The first-order valence-electron chi connectivity index (χ1n) is 12.4. The lowest BCUT2D eigenvalue weighted by Crippen LogP contribution is -2.00. The minimum absolute atomic E-state index is 0.348. The predicted octanol–water partition coefficient (Wildman–Crippen LogP) is 8.31. The molecule has 5 aromatic carbocycles. The van der Waals surface area contributed by atoms with Crippen LogP contribution in [0.25, 0.3) is 67.1 Å². The third kappa shape index (κ3) is 4.00. The zero-order valence-electron chi connectivity index (χ0n) is 20.3. The minimum Gasteiger partial charge on any atom is -0.355 e. The second-order valence-corrected chi connectivity index (χ2v) is 9.20. The Morgan fingerprint density at radius 3 is 1.66 bits per heavy atom. The summed E-state index contributed by atoms with van der Waals surface area (Å²) in [6.07, 6.45) is 0. The van der Waals surface area contributed by atoms with E-state index >= 15 is 4.39 Å². The SMILES string of the molecule is Fc1cc(-c2ccc3[nH]c4ccccc4c3c2)cc(-c2nc(-c3ccccc3)nc(-c3ccccc3)n2)c1. The van der Waals surface area contributed by atoms with Crippen LogP contribution in [0.1, 0.15) is 0 Å². The van der Waals surface area contributed by atoms with Crippen molar-refractivity contribution in [1.82, 2.24) is 19.9 Å². The van der Waals surface area contributed by atoms with Gasteiger partial charge in [-0.15, -0.1) is 0 Å². The van der Waals surface area contributed by atoms with Gasteiger partial charge < -0.3 is 4.98 Å². The van der Waals surface area contributed by atoms with Crippen molar-refractivity contribution < 1.29 is 4.39 Å². The second kappa shape index (κ2) is 9.05. The van der Waals surface area contributed by atoms with E-state index in [9.17, 15) is 0 Å². The van der Waals surface area contributed by atoms with Crippen LogP contribution in [0, 0.1) is 5.82 Å². The molecular formula is C33H21FN4. The van der Waals surface area contributed by atoms with E-state index in [1.807, 2.05) is 91.0 Å². The maximum atomic E-state index is 15.1. The van der Waals surface area contributed by atoms with Gasteiger partial charge >= 0.3 is 0 Å². The minimum atomic E-state index is -0.348. The van der Waals surface area contributed by atoms with E-state index in [1.54, 1.807) is 6.07 Å². The fraction of sp³-hybridized carbons (Fsp3) is 0. The molecule has 7 rings (SSSR count). The highest BCUT2D eigenvalue weighted by atomic mass is 19.1. The number of para-hydroxylation sites is 1. The normalized spacial score (nSPS) is 11.3. The third-order valence-corrected chi connectivity index (χ3v) is 6.69. The summed E-state index contributed by atoms with van der Waals surface area (Å²) in [5, 5.41) is 2.24. The number of hydrogen-bond acceptors (Lipinski definition) is 3. The maximum Gasteiger partial charge on any atom is 0.164 e. The molecule has 2 heterocycles. The van der Waals surface area contributed by atoms with Gasteiger partial charge in [0.15, 0.2) is 17.5 Å². The molecule has 0 amide bonds. The summed E-state index contributed by atoms with van der Waals surface area (Å²) in [4.78, 5) is 17.7. The fourth-order valence-corrected chi connectivity index (χ4v) is 4.85. The fourth-order valence-electron chi connectivity index (χ4n) is 4.85. The highest BCUT2D eigenvalue weighted by molar-refractivity contribution is 6.08. The molecular weight excluding hydrogens is 471 g/mol. The molecule has 0 unspecified atom stereocenters. The van der Waals surface area contributed by atoms with E-state index in [0.717, 1.165) is 44.1 Å². The lowest BCUT2D eigenvalue weighted by atomic mass is 10.00. The molecule has 38 heavy (non-hydrogen) atoms. The summed E-state index contributed by atoms with van der Waals surface area (Å²) in [6, 6.07) is 38.8. The van der Waals surface area contributed by atoms with Gasteiger partial charge in [-0.3, -0.25) is 0 Å². The molecule has 5 heteroatoms. The van der Waals surface area contributed by atoms with Crippen LogP contribution in [0.3, 0.4) is 0 Å². The lowest BCUT2D eigenvalue weighted by Gasteiger charge is -2.10. The summed E-state index contributed by atoms with van der Waals surface area (Å²) in [5.74, 6) is 1.16. The number of aromatic nitrogens is 4. The van der Waals surface area contributed by atoms with Gasteiger partial charge in [0.1, 0.15) is 5.82 Å². The first-order chi connectivity index (χ1) is 18.7. The van der Waals surface area contributed by atoms with Crippen LogP contribution in [0.5, 0.6) is 0 Å². The Kier molecular flexibility index (Phi) is 5.26. The summed E-state index contributed by atoms with van der Waals surface area (Å²) in [7, 11) is 0. The topological polar surface area (TPSA) is 54.5 Å². The van der Waals surface area contributed by atoms with E-state index in [2.05, 4.69) is 23.2 Å². The van der Waals surface area contributed by atoms with Crippen molar-refractivity contribution in [3.63, 3.8) is 0 Å². The van der Waals surface area contributed by atoms with Gasteiger partial charge in [0.2, 0.25) is 0 Å². The average Bonchev–Trinajstić information content (AvgIpc) is 3.35. The standard InChI is InChI=1S/C33H21FN4/c34-26-18-24(23-15-16-30-28(20-23)27-13-7-8-14-29(27)35-30)17-25(19-26)33-37-31(21-9-3-1-4-10-21)36-32(38-33)22-11-5-2-6-12-22/h1-20,35H. The molecule has 0 spiro atoms. The number of halogens is 1. The Hall–Kier alpha value is -5.16. The summed E-state index contributed by atoms with van der Waals surface area (Å²) in [6.45, 7) is 0. The summed E-state index contributed by atoms with van der Waals surface area (Å²) >= 11 is 0. The Labute approximate surface area is 218 Å². The smallest absolute Gasteiger partial charge is 0.164 e. The van der Waals surface area contributed by atoms with E-state index in [1.165, 1.54) is 6.07 Å². The van der Waals surface area contributed by atoms with Crippen molar-refractivity contribution in [2.45, 2.75) is 0 Å². The zero-order valence-corrected chi connectivity index (χ0v) is 20.3. The van der Waals surface area contributed by atoms with E-state index in [-0.39, 0.29) is 5.82 Å². The van der Waals surface area contributed by atoms with Crippen LogP contribution in [0.2, 0.25) is 0 Å². The third-order valence-electron chi connectivity index (χ3n) is 6.69. The zero-order chi connectivity index (χ0) is 25.5. The molecule has 0 fully saturated rings. The van der Waals surface area contributed by atoms with Gasteiger partial charge in [-0.1, -0.05) is 84.9 Å². The number of nitrogens with one attached hydrogen (secondary N) is 1. The quantitative estimate of drug-likeness (QED) is 0.269. The van der Waals surface area contributed by atoms with E-state index in [4.69, 9.17) is 15.0 Å². The Morgan fingerprint density at radius 1 is 0.421 bits per heavy atom. The van der Waals surface area contributed by atoms with Gasteiger partial charge in [0.25, 0.3) is 0 Å². The number of rotatable bonds is 4. The molecule has 180 valence electrons. The van der Waals surface area contributed by atoms with Crippen molar-refractivity contribution in [3.05, 3.63) is 127 Å². The largest absolute Gasteiger partial charge is 0.355 e. The number of nitrogens with zero attached hydrogens (tertiary/aromatic N) is 3. The van der Waals surface area contributed by atoms with E-state index in [0.29, 0.717) is 23.0 Å². The van der Waals surface area contributed by atoms with Crippen molar-refractivity contribution in [3.8, 4) is 45.3 Å². The summed E-state index contributed by atoms with van der Waals surface area (Å²) < 4.78 is 15.1. The molecule has 0 atom stereocenters. The molecule has 0 aliphatic carbocycles. The molecule has 4 nitrogen and oxygen atoms in total. The van der Waals surface area contributed by atoms with Crippen LogP contribution in [-0.2, 0) is 0 Å². The van der Waals surface area contributed by atoms with Gasteiger partial charge in [-0.05, 0) is 47.5 Å². The molecule has 0 radical (unpaired) electrons. The Bertz CT molecular complexity index is 1870. The molecule has 0 aliphatic rings. The van der Waals surface area contributed by atoms with Crippen molar-refractivity contribution in [2.24, 2.45) is 0 Å². The number of benzene rings is 5. The van der Waals surface area contributed by atoms with Crippen molar-refractivity contribution in [2.75, 3.05) is 0 Å². The molecule has 0 saturated heterocycles. The Balaban J connectivity index is 1.39. The van der Waals surface area contributed by atoms with Crippen LogP contribution in [0.15, 0.2) is 121 Å². The van der Waals surface area contributed by atoms with Crippen LogP contribution >= 0.6 is 0 Å². The second-order valence-electron chi connectivity index (χ2n) is 9.20.